The van der Waals surface area contributed by atoms with Crippen molar-refractivity contribution < 1.29 is 13.9 Å². The SMILES string of the molecule is CCC(C)NC(=O)c1coc(CSc2nnc(Cc3ccccc3)n2-c2ccc(OC)cc2)n1. The van der Waals surface area contributed by atoms with Crippen molar-refractivity contribution in [3.63, 3.8) is 0 Å². The molecule has 2 aromatic carbocycles. The van der Waals surface area contributed by atoms with Gasteiger partial charge in [0.05, 0.1) is 12.9 Å². The molecule has 1 N–H and O–H groups in total. The predicted molar refractivity (Wildman–Crippen MR) is 130 cm³/mol. The zero-order chi connectivity index (χ0) is 23.9. The Hall–Kier alpha value is -3.59. The molecule has 2 aromatic heterocycles. The van der Waals surface area contributed by atoms with Crippen molar-refractivity contribution in [1.29, 1.82) is 0 Å². The molecule has 176 valence electrons. The first-order chi connectivity index (χ1) is 16.6. The van der Waals surface area contributed by atoms with Crippen molar-refractivity contribution in [3.8, 4) is 11.4 Å². The van der Waals surface area contributed by atoms with Crippen LogP contribution in [0.15, 0.2) is 70.4 Å². The molecule has 1 unspecified atom stereocenters. The molecule has 0 aliphatic carbocycles. The zero-order valence-electron chi connectivity index (χ0n) is 19.4. The van der Waals surface area contributed by atoms with E-state index in [1.54, 1.807) is 7.11 Å². The van der Waals surface area contributed by atoms with Crippen LogP contribution in [0, 0.1) is 0 Å². The summed E-state index contributed by atoms with van der Waals surface area (Å²) in [4.78, 5) is 16.6. The third-order valence-corrected chi connectivity index (χ3v) is 6.25. The Kier molecular flexibility index (Phi) is 7.64. The van der Waals surface area contributed by atoms with Gasteiger partial charge < -0.3 is 14.5 Å². The summed E-state index contributed by atoms with van der Waals surface area (Å²) in [5, 5.41) is 12.5. The Balaban J connectivity index is 1.55. The van der Waals surface area contributed by atoms with Crippen molar-refractivity contribution in [2.75, 3.05) is 7.11 Å². The summed E-state index contributed by atoms with van der Waals surface area (Å²) in [6.45, 7) is 3.97. The molecule has 1 amide bonds. The van der Waals surface area contributed by atoms with Crippen molar-refractivity contribution in [1.82, 2.24) is 25.1 Å². The Morgan fingerprint density at radius 1 is 1.15 bits per heavy atom. The van der Waals surface area contributed by atoms with Gasteiger partial charge in [-0.1, -0.05) is 49.0 Å². The number of methoxy groups -OCH3 is 1. The molecule has 0 saturated heterocycles. The van der Waals surface area contributed by atoms with Gasteiger partial charge in [0.25, 0.3) is 5.91 Å². The highest BCUT2D eigenvalue weighted by atomic mass is 32.2. The lowest BCUT2D eigenvalue weighted by atomic mass is 10.1. The number of carbonyl (C=O) groups excluding carboxylic acids is 1. The van der Waals surface area contributed by atoms with E-state index in [-0.39, 0.29) is 17.6 Å². The number of carbonyl (C=O) groups is 1. The Bertz CT molecular complexity index is 1220. The number of rotatable bonds is 10. The average Bonchev–Trinajstić information content (AvgIpc) is 3.50. The second kappa shape index (κ2) is 11.0. The van der Waals surface area contributed by atoms with Crippen LogP contribution in [-0.2, 0) is 12.2 Å². The highest BCUT2D eigenvalue weighted by molar-refractivity contribution is 7.98. The van der Waals surface area contributed by atoms with Gasteiger partial charge in [0.15, 0.2) is 10.9 Å². The molecule has 4 rings (SSSR count). The summed E-state index contributed by atoms with van der Waals surface area (Å²) >= 11 is 1.45. The van der Waals surface area contributed by atoms with Gasteiger partial charge in [-0.25, -0.2) is 4.98 Å². The number of hydrogen-bond acceptors (Lipinski definition) is 7. The molecule has 0 saturated carbocycles. The largest absolute Gasteiger partial charge is 0.497 e. The maximum absolute atomic E-state index is 12.3. The molecule has 0 spiro atoms. The zero-order valence-corrected chi connectivity index (χ0v) is 20.2. The van der Waals surface area contributed by atoms with Crippen molar-refractivity contribution >= 4 is 17.7 Å². The van der Waals surface area contributed by atoms with E-state index in [1.807, 2.05) is 60.9 Å². The van der Waals surface area contributed by atoms with Crippen LogP contribution in [0.3, 0.4) is 0 Å². The minimum absolute atomic E-state index is 0.0770. The van der Waals surface area contributed by atoms with Gasteiger partial charge in [-0.15, -0.1) is 10.2 Å². The summed E-state index contributed by atoms with van der Waals surface area (Å²) in [6, 6.07) is 18.0. The van der Waals surface area contributed by atoms with Crippen LogP contribution < -0.4 is 10.1 Å². The number of nitrogens with zero attached hydrogens (tertiary/aromatic N) is 4. The Morgan fingerprint density at radius 3 is 2.62 bits per heavy atom. The minimum Gasteiger partial charge on any atom is -0.497 e. The van der Waals surface area contributed by atoms with Crippen molar-refractivity contribution in [3.05, 3.63) is 83.8 Å². The molecular formula is C25H27N5O3S. The van der Waals surface area contributed by atoms with Crippen LogP contribution in [-0.4, -0.2) is 38.8 Å². The van der Waals surface area contributed by atoms with E-state index in [0.29, 0.717) is 23.2 Å². The molecular weight excluding hydrogens is 450 g/mol. The number of nitrogens with one attached hydrogen (secondary N) is 1. The van der Waals surface area contributed by atoms with Gasteiger partial charge in [0, 0.05) is 18.2 Å². The minimum atomic E-state index is -0.235. The fourth-order valence-corrected chi connectivity index (χ4v) is 4.11. The number of hydrogen-bond donors (Lipinski definition) is 1. The molecule has 9 heteroatoms. The van der Waals surface area contributed by atoms with E-state index in [4.69, 9.17) is 9.15 Å². The first kappa shape index (κ1) is 23.6. The number of benzene rings is 2. The van der Waals surface area contributed by atoms with E-state index in [0.717, 1.165) is 29.2 Å². The van der Waals surface area contributed by atoms with E-state index in [9.17, 15) is 4.79 Å². The molecule has 0 radical (unpaired) electrons. The van der Waals surface area contributed by atoms with Crippen molar-refractivity contribution in [2.45, 2.75) is 43.6 Å². The lowest BCUT2D eigenvalue weighted by Gasteiger charge is -2.11. The van der Waals surface area contributed by atoms with Gasteiger partial charge in [0.1, 0.15) is 17.8 Å². The lowest BCUT2D eigenvalue weighted by molar-refractivity contribution is 0.0934. The third-order valence-electron chi connectivity index (χ3n) is 5.34. The molecule has 0 fully saturated rings. The van der Waals surface area contributed by atoms with Gasteiger partial charge in [-0.3, -0.25) is 9.36 Å². The number of aromatic nitrogens is 4. The van der Waals surface area contributed by atoms with Crippen LogP contribution in [0.2, 0.25) is 0 Å². The second-order valence-corrected chi connectivity index (χ2v) is 8.74. The van der Waals surface area contributed by atoms with E-state index >= 15 is 0 Å². The normalized spacial score (nSPS) is 11.9. The highest BCUT2D eigenvalue weighted by Gasteiger charge is 2.18. The molecule has 0 aliphatic rings. The molecule has 0 bridgehead atoms. The second-order valence-electron chi connectivity index (χ2n) is 7.79. The van der Waals surface area contributed by atoms with Gasteiger partial charge >= 0.3 is 0 Å². The average molecular weight is 478 g/mol. The van der Waals surface area contributed by atoms with Crippen LogP contribution in [0.4, 0.5) is 0 Å². The van der Waals surface area contributed by atoms with Gasteiger partial charge in [-0.05, 0) is 43.2 Å². The molecule has 2 heterocycles. The van der Waals surface area contributed by atoms with Crippen molar-refractivity contribution in [2.24, 2.45) is 0 Å². The summed E-state index contributed by atoms with van der Waals surface area (Å²) in [6.07, 6.45) is 2.88. The fraction of sp³-hybridized carbons (Fsp3) is 0.280. The lowest BCUT2D eigenvalue weighted by Crippen LogP contribution is -2.32. The fourth-order valence-electron chi connectivity index (χ4n) is 3.28. The monoisotopic (exact) mass is 477 g/mol. The number of amides is 1. The first-order valence-electron chi connectivity index (χ1n) is 11.1. The molecule has 34 heavy (non-hydrogen) atoms. The number of oxazole rings is 1. The predicted octanol–water partition coefficient (Wildman–Crippen LogP) is 4.68. The van der Waals surface area contributed by atoms with Crippen LogP contribution in [0.25, 0.3) is 5.69 Å². The topological polar surface area (TPSA) is 95.1 Å². The van der Waals surface area contributed by atoms with Crippen LogP contribution >= 0.6 is 11.8 Å². The maximum atomic E-state index is 12.3. The molecule has 8 nitrogen and oxygen atoms in total. The standard InChI is InChI=1S/C25H27N5O3S/c1-4-17(2)26-24(31)21-15-33-23(27-21)16-34-25-29-28-22(14-18-8-6-5-7-9-18)30(25)19-10-12-20(32-3)13-11-19/h5-13,15,17H,4,14,16H2,1-3H3,(H,26,31). The van der Waals surface area contributed by atoms with E-state index in [2.05, 4.69) is 32.6 Å². The number of ether oxygens (including phenoxy) is 1. The smallest absolute Gasteiger partial charge is 0.273 e. The van der Waals surface area contributed by atoms with Crippen LogP contribution in [0.1, 0.15) is 48.0 Å². The highest BCUT2D eigenvalue weighted by Crippen LogP contribution is 2.27. The third kappa shape index (κ3) is 5.66. The molecule has 4 aromatic rings. The van der Waals surface area contributed by atoms with Gasteiger partial charge in [0.2, 0.25) is 5.89 Å². The number of thioether (sulfide) groups is 1. The van der Waals surface area contributed by atoms with Gasteiger partial charge in [-0.2, -0.15) is 0 Å². The molecule has 1 atom stereocenters. The quantitative estimate of drug-likeness (QED) is 0.332. The Morgan fingerprint density at radius 2 is 1.91 bits per heavy atom. The maximum Gasteiger partial charge on any atom is 0.273 e. The van der Waals surface area contributed by atoms with Crippen LogP contribution in [0.5, 0.6) is 5.75 Å². The summed E-state index contributed by atoms with van der Waals surface area (Å²) in [5.41, 5.74) is 2.35. The first-order valence-corrected chi connectivity index (χ1v) is 12.1. The van der Waals surface area contributed by atoms with E-state index < -0.39 is 0 Å². The summed E-state index contributed by atoms with van der Waals surface area (Å²) in [7, 11) is 1.64. The molecule has 0 aliphatic heterocycles. The summed E-state index contributed by atoms with van der Waals surface area (Å²) in [5.74, 6) is 2.23. The Labute approximate surface area is 202 Å². The van der Waals surface area contributed by atoms with E-state index in [1.165, 1.54) is 18.0 Å². The summed E-state index contributed by atoms with van der Waals surface area (Å²) < 4.78 is 12.9.